The van der Waals surface area contributed by atoms with E-state index in [0.29, 0.717) is 18.4 Å². The molecule has 0 aromatic rings. The van der Waals surface area contributed by atoms with Gasteiger partial charge in [-0.1, -0.05) is 18.6 Å². The van der Waals surface area contributed by atoms with Gasteiger partial charge in [0, 0.05) is 16.7 Å². The minimum atomic E-state index is -2.23. The van der Waals surface area contributed by atoms with Crippen LogP contribution in [-0.4, -0.2) is 62.1 Å². The number of carbonyl (C=O) groups is 2. The van der Waals surface area contributed by atoms with Crippen LogP contribution in [0.5, 0.6) is 0 Å². The number of hydrogen-bond donors (Lipinski definition) is 4. The highest BCUT2D eigenvalue weighted by molar-refractivity contribution is 6.01. The molecule has 0 bridgehead atoms. The Balaban J connectivity index is 1.84. The number of rotatable bonds is 2. The molecule has 3 saturated carbocycles. The topological polar surface area (TPSA) is 115 Å². The van der Waals surface area contributed by atoms with Crippen molar-refractivity contribution in [1.82, 2.24) is 0 Å². The van der Waals surface area contributed by atoms with Gasteiger partial charge in [0.25, 0.3) is 0 Å². The highest BCUT2D eigenvalue weighted by Gasteiger charge is 2.76. The normalized spacial score (nSPS) is 52.5. The first kappa shape index (κ1) is 19.9. The molecule has 8 atom stereocenters. The highest BCUT2D eigenvalue weighted by Crippen LogP contribution is 2.69. The molecule has 0 radical (unpaired) electrons. The fraction of sp³-hybridized carbons (Fsp3) is 0.714. The third-order valence-electron chi connectivity index (χ3n) is 8.43. The van der Waals surface area contributed by atoms with Crippen molar-refractivity contribution in [2.24, 2.45) is 22.7 Å². The summed E-state index contributed by atoms with van der Waals surface area (Å²) in [5.41, 5.74) is -6.12. The molecule has 4 N–H and O–H groups in total. The van der Waals surface area contributed by atoms with Gasteiger partial charge in [-0.25, -0.2) is 4.39 Å². The fourth-order valence-corrected chi connectivity index (χ4v) is 6.85. The smallest absolute Gasteiger partial charge is 0.192 e. The zero-order chi connectivity index (χ0) is 20.7. The van der Waals surface area contributed by atoms with Crippen LogP contribution < -0.4 is 0 Å². The van der Waals surface area contributed by atoms with Crippen molar-refractivity contribution in [3.8, 4) is 0 Å². The Morgan fingerprint density at radius 1 is 1.25 bits per heavy atom. The van der Waals surface area contributed by atoms with Gasteiger partial charge < -0.3 is 20.4 Å². The predicted molar refractivity (Wildman–Crippen MR) is 96.8 cm³/mol. The number of halogens is 1. The van der Waals surface area contributed by atoms with Crippen molar-refractivity contribution >= 4 is 11.6 Å². The van der Waals surface area contributed by atoms with Gasteiger partial charge >= 0.3 is 0 Å². The van der Waals surface area contributed by atoms with Crippen molar-refractivity contribution < 1.29 is 34.4 Å². The van der Waals surface area contributed by atoms with E-state index < -0.39 is 58.5 Å². The van der Waals surface area contributed by atoms with E-state index in [0.717, 1.165) is 0 Å². The molecule has 6 nitrogen and oxygen atoms in total. The van der Waals surface area contributed by atoms with Crippen molar-refractivity contribution in [3.05, 3.63) is 23.8 Å². The number of alkyl halides is 1. The molecular formula is C21H27FO6. The third kappa shape index (κ3) is 2.01. The second-order valence-corrected chi connectivity index (χ2v) is 9.36. The van der Waals surface area contributed by atoms with Crippen LogP contribution in [-0.2, 0) is 9.59 Å². The van der Waals surface area contributed by atoms with Crippen LogP contribution in [0.25, 0.3) is 0 Å². The quantitative estimate of drug-likeness (QED) is 0.546. The number of fused-ring (bicyclic) bond motifs is 5. The Morgan fingerprint density at radius 3 is 2.57 bits per heavy atom. The summed E-state index contributed by atoms with van der Waals surface area (Å²) in [6.07, 6.45) is 1.93. The summed E-state index contributed by atoms with van der Waals surface area (Å²) in [6.45, 7) is 2.33. The number of aliphatic hydroxyl groups is 4. The van der Waals surface area contributed by atoms with E-state index in [-0.39, 0.29) is 18.6 Å². The molecule has 7 heteroatoms. The number of carbonyl (C=O) groups excluding carboxylic acids is 2. The molecule has 0 spiro atoms. The largest absolute Gasteiger partial charge is 0.390 e. The Kier molecular flexibility index (Phi) is 4.13. The Bertz CT molecular complexity index is 807. The standard InChI is InChI=1S/C21H27FO6/c1-18-6-5-12(24)7-11(18)3-4-13-14-8-15(25)21(28,17(27)10-23)19(14,2)9-16(26)20(13,18)22/h5-7,13-16,23,25-26,28H,3-4,8-10H2,1-2H3/t13?,14-,15+,16-,18-,19-,20-,21-/m0/s1. The highest BCUT2D eigenvalue weighted by atomic mass is 19.1. The van der Waals surface area contributed by atoms with E-state index in [1.54, 1.807) is 13.8 Å². The molecular weight excluding hydrogens is 367 g/mol. The lowest BCUT2D eigenvalue weighted by Crippen LogP contribution is -2.69. The molecule has 4 rings (SSSR count). The number of aliphatic hydroxyl groups excluding tert-OH is 3. The van der Waals surface area contributed by atoms with Crippen LogP contribution in [0.3, 0.4) is 0 Å². The van der Waals surface area contributed by atoms with Gasteiger partial charge in [0.15, 0.2) is 22.8 Å². The molecule has 0 aliphatic heterocycles. The minimum absolute atomic E-state index is 0.0135. The van der Waals surface area contributed by atoms with Gasteiger partial charge in [0.2, 0.25) is 0 Å². The van der Waals surface area contributed by atoms with Crippen LogP contribution in [0.2, 0.25) is 0 Å². The van der Waals surface area contributed by atoms with E-state index >= 15 is 4.39 Å². The van der Waals surface area contributed by atoms with Crippen molar-refractivity contribution in [2.45, 2.75) is 63.0 Å². The van der Waals surface area contributed by atoms with E-state index in [9.17, 15) is 30.0 Å². The first-order valence-corrected chi connectivity index (χ1v) is 9.82. The van der Waals surface area contributed by atoms with Crippen molar-refractivity contribution in [1.29, 1.82) is 0 Å². The summed E-state index contributed by atoms with van der Waals surface area (Å²) >= 11 is 0. The maximum Gasteiger partial charge on any atom is 0.192 e. The van der Waals surface area contributed by atoms with Gasteiger partial charge in [-0.15, -0.1) is 0 Å². The Labute approximate surface area is 162 Å². The summed E-state index contributed by atoms with van der Waals surface area (Å²) in [5, 5.41) is 42.1. The lowest BCUT2D eigenvalue weighted by molar-refractivity contribution is -0.222. The summed E-state index contributed by atoms with van der Waals surface area (Å²) in [7, 11) is 0. The van der Waals surface area contributed by atoms with Gasteiger partial charge in [0.05, 0.1) is 12.2 Å². The van der Waals surface area contributed by atoms with E-state index in [1.165, 1.54) is 18.2 Å². The Hall–Kier alpha value is -1.41. The zero-order valence-corrected chi connectivity index (χ0v) is 16.1. The van der Waals surface area contributed by atoms with Gasteiger partial charge in [-0.05, 0) is 50.7 Å². The van der Waals surface area contributed by atoms with Crippen molar-refractivity contribution in [3.63, 3.8) is 0 Å². The molecule has 0 aromatic heterocycles. The second-order valence-electron chi connectivity index (χ2n) is 9.36. The zero-order valence-electron chi connectivity index (χ0n) is 16.1. The van der Waals surface area contributed by atoms with Crippen LogP contribution in [0.15, 0.2) is 23.8 Å². The average molecular weight is 394 g/mol. The van der Waals surface area contributed by atoms with Crippen LogP contribution in [0.4, 0.5) is 4.39 Å². The summed E-state index contributed by atoms with van der Waals surface area (Å²) in [6, 6.07) is 0. The third-order valence-corrected chi connectivity index (χ3v) is 8.43. The van der Waals surface area contributed by atoms with Gasteiger partial charge in [-0.2, -0.15) is 0 Å². The van der Waals surface area contributed by atoms with Gasteiger partial charge in [-0.3, -0.25) is 9.59 Å². The molecule has 4 aliphatic rings. The number of Topliss-reactive ketones (excluding diaryl/α,β-unsaturated/α-hetero) is 1. The molecule has 0 amide bonds. The molecule has 154 valence electrons. The minimum Gasteiger partial charge on any atom is -0.390 e. The molecule has 0 saturated heterocycles. The molecule has 1 unspecified atom stereocenters. The average Bonchev–Trinajstić information content (AvgIpc) is 2.84. The number of allylic oxidation sites excluding steroid dienone is 4. The SMILES string of the molecule is C[C@]12C=CC(=O)C=C1CCC1[C@@H]3C[C@@H](O)[C@](O)(C(=O)CO)[C@@]3(C)C[C@H](O)[C@@]12F. The predicted octanol–water partition coefficient (Wildman–Crippen LogP) is 0.620. The maximum absolute atomic E-state index is 16.8. The monoisotopic (exact) mass is 394 g/mol. The molecule has 3 fully saturated rings. The van der Waals surface area contributed by atoms with Crippen LogP contribution >= 0.6 is 0 Å². The molecule has 0 aromatic carbocycles. The molecule has 28 heavy (non-hydrogen) atoms. The summed E-state index contributed by atoms with van der Waals surface area (Å²) in [4.78, 5) is 24.2. The maximum atomic E-state index is 16.8. The molecule has 4 aliphatic carbocycles. The fourth-order valence-electron chi connectivity index (χ4n) is 6.85. The molecule has 0 heterocycles. The first-order chi connectivity index (χ1) is 13.0. The Morgan fingerprint density at radius 2 is 1.93 bits per heavy atom. The van der Waals surface area contributed by atoms with Crippen LogP contribution in [0, 0.1) is 22.7 Å². The number of hydrogen-bond acceptors (Lipinski definition) is 6. The van der Waals surface area contributed by atoms with Crippen molar-refractivity contribution in [2.75, 3.05) is 6.61 Å². The van der Waals surface area contributed by atoms with E-state index in [1.807, 2.05) is 0 Å². The second kappa shape index (κ2) is 5.81. The van der Waals surface area contributed by atoms with E-state index in [4.69, 9.17) is 0 Å². The first-order valence-electron chi connectivity index (χ1n) is 9.82. The lowest BCUT2D eigenvalue weighted by Gasteiger charge is -2.62. The lowest BCUT2D eigenvalue weighted by atomic mass is 9.44. The summed E-state index contributed by atoms with van der Waals surface area (Å²) < 4.78 is 16.8. The van der Waals surface area contributed by atoms with Gasteiger partial charge in [0.1, 0.15) is 6.61 Å². The van der Waals surface area contributed by atoms with Crippen LogP contribution in [0.1, 0.15) is 39.5 Å². The van der Waals surface area contributed by atoms with E-state index in [2.05, 4.69) is 0 Å². The number of ketones is 2. The summed E-state index contributed by atoms with van der Waals surface area (Å²) in [5.74, 6) is -2.38.